The van der Waals surface area contributed by atoms with Crippen LogP contribution in [0.5, 0.6) is 0 Å². The molecule has 7 heteroatoms. The maximum absolute atomic E-state index is 12.6. The van der Waals surface area contributed by atoms with Gasteiger partial charge in [0.2, 0.25) is 5.91 Å². The summed E-state index contributed by atoms with van der Waals surface area (Å²) in [7, 11) is 0. The number of ether oxygens (including phenoxy) is 1. The predicted octanol–water partition coefficient (Wildman–Crippen LogP) is 3.19. The number of rotatable bonds is 5. The lowest BCUT2D eigenvalue weighted by atomic mass is 9.95. The number of amides is 2. The average Bonchev–Trinajstić information content (AvgIpc) is 2.97. The van der Waals surface area contributed by atoms with Gasteiger partial charge in [-0.2, -0.15) is 0 Å². The largest absolute Gasteiger partial charge is 0.452 e. The summed E-state index contributed by atoms with van der Waals surface area (Å²) in [5.74, 6) is -0.991. The summed E-state index contributed by atoms with van der Waals surface area (Å²) in [4.78, 5) is 37.3. The summed E-state index contributed by atoms with van der Waals surface area (Å²) in [6.07, 6.45) is 9.30. The van der Waals surface area contributed by atoms with Gasteiger partial charge in [-0.15, -0.1) is 11.3 Å². The van der Waals surface area contributed by atoms with Crippen LogP contribution in [0.15, 0.2) is 0 Å². The molecule has 1 fully saturated rings. The lowest BCUT2D eigenvalue weighted by Gasteiger charge is -2.22. The van der Waals surface area contributed by atoms with E-state index in [2.05, 4.69) is 10.6 Å². The van der Waals surface area contributed by atoms with Gasteiger partial charge in [0.15, 0.2) is 6.61 Å². The summed E-state index contributed by atoms with van der Waals surface area (Å²) in [6.45, 7) is 1.14. The molecule has 0 saturated heterocycles. The molecule has 26 heavy (non-hydrogen) atoms. The topological polar surface area (TPSA) is 84.5 Å². The van der Waals surface area contributed by atoms with E-state index in [4.69, 9.17) is 4.74 Å². The van der Waals surface area contributed by atoms with Crippen molar-refractivity contribution in [3.05, 3.63) is 16.0 Å². The number of nitrogens with one attached hydrogen (secondary N) is 2. The highest BCUT2D eigenvalue weighted by Gasteiger charge is 2.27. The molecule has 0 aromatic carbocycles. The molecule has 0 unspecified atom stereocenters. The molecule has 3 rings (SSSR count). The molecule has 0 radical (unpaired) electrons. The number of aryl methyl sites for hydroxylation is 1. The second-order valence-corrected chi connectivity index (χ2v) is 8.18. The number of carbonyl (C=O) groups excluding carboxylic acids is 3. The fourth-order valence-corrected chi connectivity index (χ4v) is 5.07. The normalized spacial score (nSPS) is 17.3. The molecule has 2 aliphatic rings. The third kappa shape index (κ3) is 4.63. The summed E-state index contributed by atoms with van der Waals surface area (Å²) < 4.78 is 5.28. The third-order valence-corrected chi connectivity index (χ3v) is 6.18. The van der Waals surface area contributed by atoms with E-state index in [9.17, 15) is 14.4 Å². The first-order valence-electron chi connectivity index (χ1n) is 9.43. The SMILES string of the molecule is CC(=O)Nc1sc2c(c1C(=O)OCC(=O)NC1CCCCC1)CCCC2. The van der Waals surface area contributed by atoms with Crippen LogP contribution in [-0.4, -0.2) is 30.4 Å². The fraction of sp³-hybridized carbons (Fsp3) is 0.632. The van der Waals surface area contributed by atoms with Crippen LogP contribution in [0, 0.1) is 0 Å². The van der Waals surface area contributed by atoms with Gasteiger partial charge in [-0.25, -0.2) is 4.79 Å². The Labute approximate surface area is 157 Å². The predicted molar refractivity (Wildman–Crippen MR) is 101 cm³/mol. The van der Waals surface area contributed by atoms with Crippen molar-refractivity contribution >= 4 is 34.1 Å². The van der Waals surface area contributed by atoms with Crippen LogP contribution in [0.4, 0.5) is 5.00 Å². The maximum atomic E-state index is 12.6. The van der Waals surface area contributed by atoms with Gasteiger partial charge >= 0.3 is 5.97 Å². The number of esters is 1. The molecule has 1 saturated carbocycles. The van der Waals surface area contributed by atoms with Crippen LogP contribution in [0.3, 0.4) is 0 Å². The van der Waals surface area contributed by atoms with Crippen molar-refractivity contribution in [1.29, 1.82) is 0 Å². The monoisotopic (exact) mass is 378 g/mol. The van der Waals surface area contributed by atoms with Gasteiger partial charge in [0, 0.05) is 17.8 Å². The quantitative estimate of drug-likeness (QED) is 0.771. The standard InChI is InChI=1S/C19H26N2O4S/c1-12(22)20-18-17(14-9-5-6-10-15(14)26-18)19(24)25-11-16(23)21-13-7-3-2-4-8-13/h13H,2-11H2,1H3,(H,20,22)(H,21,23). The third-order valence-electron chi connectivity index (χ3n) is 4.97. The van der Waals surface area contributed by atoms with E-state index in [1.807, 2.05) is 0 Å². The van der Waals surface area contributed by atoms with E-state index in [0.717, 1.165) is 61.8 Å². The first-order chi connectivity index (χ1) is 12.5. The summed E-state index contributed by atoms with van der Waals surface area (Å²) in [5.41, 5.74) is 1.41. The molecule has 142 valence electrons. The van der Waals surface area contributed by atoms with Crippen molar-refractivity contribution in [1.82, 2.24) is 5.32 Å². The van der Waals surface area contributed by atoms with Gasteiger partial charge in [-0.05, 0) is 44.1 Å². The van der Waals surface area contributed by atoms with Gasteiger partial charge in [-0.1, -0.05) is 19.3 Å². The molecule has 1 aromatic heterocycles. The van der Waals surface area contributed by atoms with Gasteiger partial charge in [0.25, 0.3) is 5.91 Å². The molecule has 0 atom stereocenters. The van der Waals surface area contributed by atoms with Crippen LogP contribution in [0.2, 0.25) is 0 Å². The number of hydrogen-bond acceptors (Lipinski definition) is 5. The lowest BCUT2D eigenvalue weighted by Crippen LogP contribution is -2.38. The number of carbonyl (C=O) groups is 3. The smallest absolute Gasteiger partial charge is 0.341 e. The van der Waals surface area contributed by atoms with Crippen LogP contribution in [-0.2, 0) is 27.2 Å². The van der Waals surface area contributed by atoms with Crippen LogP contribution in [0.1, 0.15) is 72.7 Å². The second kappa shape index (κ2) is 8.66. The first kappa shape index (κ1) is 18.9. The van der Waals surface area contributed by atoms with Crippen LogP contribution < -0.4 is 10.6 Å². The molecule has 1 aromatic rings. The zero-order valence-corrected chi connectivity index (χ0v) is 16.0. The van der Waals surface area contributed by atoms with Gasteiger partial charge in [0.1, 0.15) is 5.00 Å². The fourth-order valence-electron chi connectivity index (χ4n) is 3.75. The highest BCUT2D eigenvalue weighted by Crippen LogP contribution is 2.38. The Morgan fingerprint density at radius 1 is 1.08 bits per heavy atom. The van der Waals surface area contributed by atoms with Crippen molar-refractivity contribution in [3.8, 4) is 0 Å². The summed E-state index contributed by atoms with van der Waals surface area (Å²) in [5, 5.41) is 6.23. The summed E-state index contributed by atoms with van der Waals surface area (Å²) >= 11 is 1.45. The molecule has 1 heterocycles. The van der Waals surface area contributed by atoms with Crippen LogP contribution >= 0.6 is 11.3 Å². The van der Waals surface area contributed by atoms with E-state index in [1.54, 1.807) is 0 Å². The Morgan fingerprint density at radius 3 is 2.54 bits per heavy atom. The van der Waals surface area contributed by atoms with Crippen molar-refractivity contribution in [2.75, 3.05) is 11.9 Å². The Hall–Kier alpha value is -1.89. The van der Waals surface area contributed by atoms with Crippen molar-refractivity contribution in [2.45, 2.75) is 70.8 Å². The molecular formula is C19H26N2O4S. The molecule has 2 amide bonds. The van der Waals surface area contributed by atoms with E-state index >= 15 is 0 Å². The second-order valence-electron chi connectivity index (χ2n) is 7.07. The van der Waals surface area contributed by atoms with E-state index in [-0.39, 0.29) is 24.5 Å². The Bertz CT molecular complexity index is 692. The molecule has 0 aliphatic heterocycles. The van der Waals surface area contributed by atoms with Gasteiger partial charge in [0.05, 0.1) is 5.56 Å². The lowest BCUT2D eigenvalue weighted by molar-refractivity contribution is -0.125. The van der Waals surface area contributed by atoms with Crippen LogP contribution in [0.25, 0.3) is 0 Å². The Kier molecular flexibility index (Phi) is 6.29. The molecule has 0 bridgehead atoms. The van der Waals surface area contributed by atoms with Crippen molar-refractivity contribution in [3.63, 3.8) is 0 Å². The molecule has 0 spiro atoms. The Balaban J connectivity index is 1.64. The number of fused-ring (bicyclic) bond motifs is 1. The zero-order valence-electron chi connectivity index (χ0n) is 15.2. The summed E-state index contributed by atoms with van der Waals surface area (Å²) in [6, 6.07) is 0.193. The minimum atomic E-state index is -0.521. The molecule has 2 N–H and O–H groups in total. The minimum Gasteiger partial charge on any atom is -0.452 e. The van der Waals surface area contributed by atoms with Crippen molar-refractivity contribution < 1.29 is 19.1 Å². The molecular weight excluding hydrogens is 352 g/mol. The van der Waals surface area contributed by atoms with E-state index < -0.39 is 5.97 Å². The van der Waals surface area contributed by atoms with Gasteiger partial charge in [-0.3, -0.25) is 9.59 Å². The van der Waals surface area contributed by atoms with E-state index in [0.29, 0.717) is 10.6 Å². The highest BCUT2D eigenvalue weighted by molar-refractivity contribution is 7.17. The number of thiophene rings is 1. The number of anilines is 1. The molecule has 2 aliphatic carbocycles. The zero-order chi connectivity index (χ0) is 18.5. The van der Waals surface area contributed by atoms with Crippen molar-refractivity contribution in [2.24, 2.45) is 0 Å². The molecule has 6 nitrogen and oxygen atoms in total. The minimum absolute atomic E-state index is 0.193. The Morgan fingerprint density at radius 2 is 1.81 bits per heavy atom. The van der Waals surface area contributed by atoms with Gasteiger partial charge < -0.3 is 15.4 Å². The highest BCUT2D eigenvalue weighted by atomic mass is 32.1. The maximum Gasteiger partial charge on any atom is 0.341 e. The number of hydrogen-bond donors (Lipinski definition) is 2. The first-order valence-corrected chi connectivity index (χ1v) is 10.2. The average molecular weight is 378 g/mol. The van der Waals surface area contributed by atoms with E-state index in [1.165, 1.54) is 24.7 Å².